The number of hydrogen-bond acceptors (Lipinski definition) is 0. The second kappa shape index (κ2) is 42.8. The Bertz CT molecular complexity index is 2720. The molecule has 0 atom stereocenters. The molecule has 0 aliphatic heterocycles. The lowest BCUT2D eigenvalue weighted by atomic mass is 9.98. The van der Waals surface area contributed by atoms with E-state index in [9.17, 15) is 0 Å². The van der Waals surface area contributed by atoms with Gasteiger partial charge in [-0.2, -0.15) is 0 Å². The number of fused-ring (bicyclic) bond motifs is 12. The molecule has 4 aliphatic rings. The maximum atomic E-state index is 2.36. The van der Waals surface area contributed by atoms with Crippen LogP contribution in [0.4, 0.5) is 0 Å². The number of benzene rings is 8. The highest BCUT2D eigenvalue weighted by molar-refractivity contribution is 5.80. The standard InChI is InChI=1S/3C15H14.C13H10.C3H8.8C2H6/c1-2-11-7-5-8-13-10-12-6-3-4-9-14(12)15(11)13;1-2-11-7-5-9-14-13-8-4-3-6-12(13)10-15(11)14;1-2-11-7-8-15-13(9-11)10-12-5-3-4-6-14(12)15;1-3-7-12-10(5-1)9-11-6-2-4-8-13(11)12;1-3-2;8*1-2/h3*3-9H,2,10H2,1H3;1-8H,9H2;3H2,1-2H3;8*1-2H3. The summed E-state index contributed by atoms with van der Waals surface area (Å²) in [5.74, 6) is 0. The van der Waals surface area contributed by atoms with E-state index in [2.05, 4.69) is 211 Å². The first-order valence-corrected chi connectivity index (χ1v) is 30.8. The molecule has 8 aromatic carbocycles. The van der Waals surface area contributed by atoms with Crippen molar-refractivity contribution in [3.63, 3.8) is 0 Å². The highest BCUT2D eigenvalue weighted by Gasteiger charge is 2.21. The molecule has 0 spiro atoms. The van der Waals surface area contributed by atoms with Gasteiger partial charge in [-0.1, -0.05) is 328 Å². The van der Waals surface area contributed by atoms with Crippen molar-refractivity contribution in [3.8, 4) is 44.5 Å². The fourth-order valence-electron chi connectivity index (χ4n) is 9.62. The van der Waals surface area contributed by atoms with Gasteiger partial charge >= 0.3 is 0 Å². The molecule has 8 aromatic rings. The third-order valence-corrected chi connectivity index (χ3v) is 12.6. The van der Waals surface area contributed by atoms with E-state index in [-0.39, 0.29) is 0 Å². The molecule has 0 nitrogen and oxygen atoms in total. The molecule has 0 bridgehead atoms. The Morgan fingerprint density at radius 1 is 0.247 bits per heavy atom. The topological polar surface area (TPSA) is 0 Å². The SMILES string of the molecule is CC.CC.CC.CC.CC.CC.CC.CC.CCC.CCc1ccc2c(c1)Cc1ccccc1-2.CCc1cccc2c1-c1ccccc1C2.CCc1cccc2c1Cc1ccccc1-2.c1ccc2c(c1)Cc1ccccc1-2. The van der Waals surface area contributed by atoms with Crippen LogP contribution in [0.3, 0.4) is 0 Å². The minimum atomic E-state index is 1.10. The van der Waals surface area contributed by atoms with E-state index in [1.54, 1.807) is 5.56 Å². The van der Waals surface area contributed by atoms with Crippen LogP contribution in [0.25, 0.3) is 44.5 Å². The zero-order valence-corrected chi connectivity index (χ0v) is 52.9. The zero-order valence-electron chi connectivity index (χ0n) is 52.9. The first-order chi connectivity index (χ1) is 38.0. The fourth-order valence-corrected chi connectivity index (χ4v) is 9.62. The fraction of sp³-hybridized carbons (Fsp3) is 0.377. The average molecular weight is 1030 g/mol. The predicted molar refractivity (Wildman–Crippen MR) is 354 cm³/mol. The zero-order chi connectivity index (χ0) is 58.1. The van der Waals surface area contributed by atoms with Crippen molar-refractivity contribution in [1.82, 2.24) is 0 Å². The monoisotopic (exact) mass is 1030 g/mol. The van der Waals surface area contributed by atoms with E-state index in [0.29, 0.717) is 0 Å². The summed E-state index contributed by atoms with van der Waals surface area (Å²) in [7, 11) is 0. The van der Waals surface area contributed by atoms with E-state index in [0.717, 1.165) is 44.9 Å². The lowest BCUT2D eigenvalue weighted by molar-refractivity contribution is 1.08. The van der Waals surface area contributed by atoms with Crippen LogP contribution in [0.1, 0.15) is 213 Å². The predicted octanol–water partition coefficient (Wildman–Crippen LogP) is 24.3. The maximum absolute atomic E-state index is 2.36. The molecule has 77 heavy (non-hydrogen) atoms. The molecule has 0 fully saturated rings. The van der Waals surface area contributed by atoms with Gasteiger partial charge in [0.15, 0.2) is 0 Å². The summed E-state index contributed by atoms with van der Waals surface area (Å²) in [4.78, 5) is 0. The second-order valence-corrected chi connectivity index (χ2v) is 16.6. The van der Waals surface area contributed by atoms with E-state index < -0.39 is 0 Å². The van der Waals surface area contributed by atoms with Gasteiger partial charge in [-0.15, -0.1) is 0 Å². The summed E-state index contributed by atoms with van der Waals surface area (Å²) in [6.07, 6.45) is 9.08. The third kappa shape index (κ3) is 19.6. The molecule has 0 saturated carbocycles. The molecule has 12 rings (SSSR count). The van der Waals surface area contributed by atoms with Crippen LogP contribution in [0.2, 0.25) is 0 Å². The summed E-state index contributed by atoms with van der Waals surface area (Å²) in [5.41, 5.74) is 27.8. The first kappa shape index (κ1) is 70.8. The molecule has 0 aromatic heterocycles. The Hall–Kier alpha value is -6.24. The highest BCUT2D eigenvalue weighted by atomic mass is 14.3. The van der Waals surface area contributed by atoms with Crippen LogP contribution in [-0.2, 0) is 44.9 Å². The van der Waals surface area contributed by atoms with Crippen molar-refractivity contribution in [1.29, 1.82) is 0 Å². The van der Waals surface area contributed by atoms with Crippen LogP contribution in [0.5, 0.6) is 0 Å². The van der Waals surface area contributed by atoms with Crippen molar-refractivity contribution in [3.05, 3.63) is 237 Å². The third-order valence-electron chi connectivity index (χ3n) is 12.6. The molecule has 0 saturated heterocycles. The minimum absolute atomic E-state index is 1.10. The first-order valence-electron chi connectivity index (χ1n) is 30.8. The molecule has 0 heteroatoms. The van der Waals surface area contributed by atoms with Gasteiger partial charge in [0.2, 0.25) is 0 Å². The highest BCUT2D eigenvalue weighted by Crippen LogP contribution is 2.41. The quantitative estimate of drug-likeness (QED) is 0.165. The van der Waals surface area contributed by atoms with E-state index in [1.807, 2.05) is 111 Å². The van der Waals surface area contributed by atoms with Crippen LogP contribution in [-0.4, -0.2) is 0 Å². The lowest BCUT2D eigenvalue weighted by Crippen LogP contribution is -1.89. The minimum Gasteiger partial charge on any atom is -0.0683 e. The molecule has 0 radical (unpaired) electrons. The molecule has 0 heterocycles. The molecule has 0 unspecified atom stereocenters. The molecular formula is C77H108. The molecule has 4 aliphatic carbocycles. The van der Waals surface area contributed by atoms with Gasteiger partial charge in [-0.25, -0.2) is 0 Å². The summed E-state index contributed by atoms with van der Waals surface area (Å²) >= 11 is 0. The summed E-state index contributed by atoms with van der Waals surface area (Å²) in [5, 5.41) is 0. The van der Waals surface area contributed by atoms with E-state index in [4.69, 9.17) is 0 Å². The number of aryl methyl sites for hydroxylation is 3. The van der Waals surface area contributed by atoms with Crippen LogP contribution in [0, 0.1) is 0 Å². The van der Waals surface area contributed by atoms with Crippen molar-refractivity contribution >= 4 is 0 Å². The van der Waals surface area contributed by atoms with Gasteiger partial charge in [0.05, 0.1) is 0 Å². The lowest BCUT2D eigenvalue weighted by Gasteiger charge is -2.06. The number of hydrogen-bond donors (Lipinski definition) is 0. The van der Waals surface area contributed by atoms with Gasteiger partial charge in [-0.05, 0) is 151 Å². The smallest absolute Gasteiger partial charge is 0.00107 e. The molecule has 416 valence electrons. The Morgan fingerprint density at radius 3 is 0.974 bits per heavy atom. The second-order valence-electron chi connectivity index (χ2n) is 16.6. The van der Waals surface area contributed by atoms with Gasteiger partial charge in [0.25, 0.3) is 0 Å². The molecular weight excluding hydrogens is 925 g/mol. The van der Waals surface area contributed by atoms with Crippen LogP contribution in [0.15, 0.2) is 176 Å². The number of rotatable bonds is 3. The Kier molecular flexibility index (Phi) is 39.4. The van der Waals surface area contributed by atoms with Crippen LogP contribution < -0.4 is 0 Å². The van der Waals surface area contributed by atoms with Crippen LogP contribution >= 0.6 is 0 Å². The van der Waals surface area contributed by atoms with Crippen molar-refractivity contribution in [2.75, 3.05) is 0 Å². The summed E-state index contributed by atoms with van der Waals surface area (Å²) in [6, 6.07) is 63.8. The summed E-state index contributed by atoms with van der Waals surface area (Å²) < 4.78 is 0. The van der Waals surface area contributed by atoms with Crippen molar-refractivity contribution in [2.45, 2.75) is 197 Å². The van der Waals surface area contributed by atoms with E-state index >= 15 is 0 Å². The largest absolute Gasteiger partial charge is 0.0683 e. The maximum Gasteiger partial charge on any atom is -0.00107 e. The van der Waals surface area contributed by atoms with Gasteiger partial charge in [-0.3, -0.25) is 0 Å². The average Bonchev–Trinajstić information content (AvgIpc) is 4.32. The Labute approximate surface area is 475 Å². The van der Waals surface area contributed by atoms with Crippen molar-refractivity contribution < 1.29 is 0 Å². The Morgan fingerprint density at radius 2 is 0.545 bits per heavy atom. The Balaban J connectivity index is 0.000000905. The van der Waals surface area contributed by atoms with E-state index in [1.165, 1.54) is 107 Å². The summed E-state index contributed by atoms with van der Waals surface area (Å²) in [6.45, 7) is 42.9. The molecule has 0 N–H and O–H groups in total. The molecule has 0 amide bonds. The van der Waals surface area contributed by atoms with Crippen molar-refractivity contribution in [2.24, 2.45) is 0 Å². The van der Waals surface area contributed by atoms with Gasteiger partial charge in [0.1, 0.15) is 0 Å². The normalized spacial score (nSPS) is 10.1. The van der Waals surface area contributed by atoms with Gasteiger partial charge < -0.3 is 0 Å². The van der Waals surface area contributed by atoms with Gasteiger partial charge in [0, 0.05) is 0 Å².